The van der Waals surface area contributed by atoms with E-state index >= 15 is 0 Å². The van der Waals surface area contributed by atoms with E-state index in [1.54, 1.807) is 6.07 Å². The molecule has 0 unspecified atom stereocenters. The second-order valence-corrected chi connectivity index (χ2v) is 4.46. The van der Waals surface area contributed by atoms with E-state index < -0.39 is 17.4 Å². The molecule has 1 heterocycles. The third kappa shape index (κ3) is 1.28. The molecule has 1 aliphatic carbocycles. The Morgan fingerprint density at radius 3 is 2.47 bits per heavy atom. The molecule has 1 spiro atoms. The van der Waals surface area contributed by atoms with Crippen molar-refractivity contribution in [2.24, 2.45) is 0 Å². The number of halogens is 1. The minimum absolute atomic E-state index is 0.0266. The van der Waals surface area contributed by atoms with Crippen molar-refractivity contribution in [1.82, 2.24) is 5.32 Å². The van der Waals surface area contributed by atoms with E-state index in [2.05, 4.69) is 5.32 Å². The first kappa shape index (κ1) is 10.3. The van der Waals surface area contributed by atoms with Crippen LogP contribution in [0, 0.1) is 5.82 Å². The zero-order valence-corrected chi connectivity index (χ0v) is 9.07. The first-order valence-electron chi connectivity index (χ1n) is 5.55. The number of nitrogens with one attached hydrogen (secondary N) is 1. The number of hydrogen-bond donors (Lipinski definition) is 1. The molecular formula is C12H11FN2O2. The van der Waals surface area contributed by atoms with Crippen LogP contribution in [0.15, 0.2) is 24.3 Å². The summed E-state index contributed by atoms with van der Waals surface area (Å²) < 4.78 is 13.6. The van der Waals surface area contributed by atoms with Gasteiger partial charge in [-0.1, -0.05) is 12.1 Å². The highest BCUT2D eigenvalue weighted by atomic mass is 19.1. The first-order chi connectivity index (χ1) is 8.14. The number of carbonyl (C=O) groups excluding carboxylic acids is 2. The van der Waals surface area contributed by atoms with E-state index in [1.165, 1.54) is 18.2 Å². The van der Waals surface area contributed by atoms with Crippen LogP contribution in [0.5, 0.6) is 0 Å². The SMILES string of the molecule is O=C1NC2(CCC2)C(=O)N1c1ccccc1F. The third-order valence-electron chi connectivity index (χ3n) is 3.46. The topological polar surface area (TPSA) is 49.4 Å². The molecule has 0 bridgehead atoms. The molecule has 1 N–H and O–H groups in total. The molecule has 0 aromatic heterocycles. The number of para-hydroxylation sites is 1. The van der Waals surface area contributed by atoms with Crippen molar-refractivity contribution in [1.29, 1.82) is 0 Å². The summed E-state index contributed by atoms with van der Waals surface area (Å²) in [7, 11) is 0. The summed E-state index contributed by atoms with van der Waals surface area (Å²) in [5, 5.41) is 2.66. The number of benzene rings is 1. The van der Waals surface area contributed by atoms with E-state index in [0.717, 1.165) is 11.3 Å². The van der Waals surface area contributed by atoms with Crippen LogP contribution < -0.4 is 10.2 Å². The highest BCUT2D eigenvalue weighted by Gasteiger charge is 2.55. The lowest BCUT2D eigenvalue weighted by atomic mass is 9.77. The fraction of sp³-hybridized carbons (Fsp3) is 0.333. The molecule has 1 saturated carbocycles. The maximum atomic E-state index is 13.6. The van der Waals surface area contributed by atoms with Crippen molar-refractivity contribution >= 4 is 17.6 Å². The lowest BCUT2D eigenvalue weighted by Crippen LogP contribution is -2.52. The Hall–Kier alpha value is -1.91. The molecule has 2 aliphatic rings. The number of nitrogens with zero attached hydrogens (tertiary/aromatic N) is 1. The van der Waals surface area contributed by atoms with Gasteiger partial charge in [-0.25, -0.2) is 14.1 Å². The molecule has 4 nitrogen and oxygen atoms in total. The molecule has 1 aliphatic heterocycles. The van der Waals surface area contributed by atoms with Gasteiger partial charge in [0.15, 0.2) is 0 Å². The number of anilines is 1. The first-order valence-corrected chi connectivity index (χ1v) is 5.55. The van der Waals surface area contributed by atoms with Gasteiger partial charge in [0.05, 0.1) is 5.69 Å². The second kappa shape index (κ2) is 3.29. The van der Waals surface area contributed by atoms with Crippen LogP contribution in [0.2, 0.25) is 0 Å². The lowest BCUT2D eigenvalue weighted by Gasteiger charge is -2.34. The summed E-state index contributed by atoms with van der Waals surface area (Å²) in [5.74, 6) is -0.897. The Balaban J connectivity index is 2.02. The van der Waals surface area contributed by atoms with Gasteiger partial charge in [-0.15, -0.1) is 0 Å². The monoisotopic (exact) mass is 234 g/mol. The summed E-state index contributed by atoms with van der Waals surface area (Å²) in [6.45, 7) is 0. The van der Waals surface area contributed by atoms with Crippen LogP contribution in [0.3, 0.4) is 0 Å². The summed E-state index contributed by atoms with van der Waals surface area (Å²) in [5.41, 5.74) is -0.738. The van der Waals surface area contributed by atoms with Crippen LogP contribution in [0.25, 0.3) is 0 Å². The van der Waals surface area contributed by atoms with E-state index in [0.29, 0.717) is 12.8 Å². The maximum Gasteiger partial charge on any atom is 0.329 e. The zero-order chi connectivity index (χ0) is 12.0. The molecule has 0 atom stereocenters. The van der Waals surface area contributed by atoms with Crippen molar-refractivity contribution in [3.8, 4) is 0 Å². The molecule has 1 aromatic rings. The van der Waals surface area contributed by atoms with Crippen molar-refractivity contribution in [3.05, 3.63) is 30.1 Å². The highest BCUT2D eigenvalue weighted by Crippen LogP contribution is 2.39. The summed E-state index contributed by atoms with van der Waals surface area (Å²) in [4.78, 5) is 24.8. The van der Waals surface area contributed by atoms with Crippen molar-refractivity contribution in [2.45, 2.75) is 24.8 Å². The molecule has 3 rings (SSSR count). The summed E-state index contributed by atoms with van der Waals surface area (Å²) in [6, 6.07) is 5.27. The fourth-order valence-electron chi connectivity index (χ4n) is 2.34. The zero-order valence-electron chi connectivity index (χ0n) is 9.07. The van der Waals surface area contributed by atoms with Gasteiger partial charge in [-0.2, -0.15) is 0 Å². The average Bonchev–Trinajstić information content (AvgIpc) is 2.52. The van der Waals surface area contributed by atoms with Crippen LogP contribution in [0.4, 0.5) is 14.9 Å². The standard InChI is InChI=1S/C12H11FN2O2/c13-8-4-1-2-5-9(8)15-10(16)12(6-3-7-12)14-11(15)17/h1-2,4-5H,3,6-7H2,(H,14,17). The van der Waals surface area contributed by atoms with E-state index in [1.807, 2.05) is 0 Å². The number of rotatable bonds is 1. The molecule has 0 radical (unpaired) electrons. The van der Waals surface area contributed by atoms with Crippen LogP contribution >= 0.6 is 0 Å². The van der Waals surface area contributed by atoms with Crippen molar-refractivity contribution in [3.63, 3.8) is 0 Å². The van der Waals surface area contributed by atoms with Gasteiger partial charge in [0.25, 0.3) is 5.91 Å². The number of amides is 3. The Bertz CT molecular complexity index is 511. The Kier molecular flexibility index (Phi) is 1.98. The predicted octanol–water partition coefficient (Wildman–Crippen LogP) is 1.80. The lowest BCUT2D eigenvalue weighted by molar-refractivity contribution is -0.124. The minimum Gasteiger partial charge on any atom is -0.323 e. The average molecular weight is 234 g/mol. The van der Waals surface area contributed by atoms with E-state index in [9.17, 15) is 14.0 Å². The molecule has 1 aromatic carbocycles. The molecule has 5 heteroatoms. The van der Waals surface area contributed by atoms with Gasteiger partial charge in [0, 0.05) is 0 Å². The smallest absolute Gasteiger partial charge is 0.323 e. The Morgan fingerprint density at radius 1 is 1.24 bits per heavy atom. The quantitative estimate of drug-likeness (QED) is 0.753. The number of urea groups is 1. The Morgan fingerprint density at radius 2 is 1.94 bits per heavy atom. The Labute approximate surface area is 97.4 Å². The molecule has 2 fully saturated rings. The van der Waals surface area contributed by atoms with Gasteiger partial charge in [0.2, 0.25) is 0 Å². The molecule has 17 heavy (non-hydrogen) atoms. The van der Waals surface area contributed by atoms with Gasteiger partial charge < -0.3 is 5.32 Å². The largest absolute Gasteiger partial charge is 0.329 e. The van der Waals surface area contributed by atoms with Crippen molar-refractivity contribution < 1.29 is 14.0 Å². The second-order valence-electron chi connectivity index (χ2n) is 4.46. The van der Waals surface area contributed by atoms with Crippen LogP contribution in [-0.4, -0.2) is 17.5 Å². The normalized spacial score (nSPS) is 21.6. The number of carbonyl (C=O) groups is 2. The van der Waals surface area contributed by atoms with E-state index in [-0.39, 0.29) is 11.6 Å². The van der Waals surface area contributed by atoms with Gasteiger partial charge in [-0.05, 0) is 31.4 Å². The fourth-order valence-corrected chi connectivity index (χ4v) is 2.34. The third-order valence-corrected chi connectivity index (χ3v) is 3.46. The summed E-state index contributed by atoms with van der Waals surface area (Å²) in [6.07, 6.45) is 2.20. The number of imide groups is 1. The van der Waals surface area contributed by atoms with Gasteiger partial charge in [0.1, 0.15) is 11.4 Å². The molecule has 88 valence electrons. The highest BCUT2D eigenvalue weighted by molar-refractivity contribution is 6.23. The molecule has 3 amide bonds. The minimum atomic E-state index is -0.765. The predicted molar refractivity (Wildman–Crippen MR) is 59.0 cm³/mol. The van der Waals surface area contributed by atoms with Crippen molar-refractivity contribution in [2.75, 3.05) is 4.90 Å². The maximum absolute atomic E-state index is 13.6. The van der Waals surface area contributed by atoms with Gasteiger partial charge in [-0.3, -0.25) is 4.79 Å². The number of hydrogen-bond acceptors (Lipinski definition) is 2. The summed E-state index contributed by atoms with van der Waals surface area (Å²) >= 11 is 0. The molecule has 1 saturated heterocycles. The van der Waals surface area contributed by atoms with Gasteiger partial charge >= 0.3 is 6.03 Å². The van der Waals surface area contributed by atoms with Crippen LogP contribution in [-0.2, 0) is 4.79 Å². The molecular weight excluding hydrogens is 223 g/mol. The van der Waals surface area contributed by atoms with Crippen LogP contribution in [0.1, 0.15) is 19.3 Å². The van der Waals surface area contributed by atoms with E-state index in [4.69, 9.17) is 0 Å².